The second-order valence-corrected chi connectivity index (χ2v) is 5.39. The molecule has 0 spiro atoms. The molecule has 0 aromatic carbocycles. The first-order valence-corrected chi connectivity index (χ1v) is 6.66. The molecule has 2 aliphatic rings. The fraction of sp³-hybridized carbons (Fsp3) is 0.750. The lowest BCUT2D eigenvalue weighted by molar-refractivity contribution is 0.452. The van der Waals surface area contributed by atoms with E-state index in [0.717, 1.165) is 36.1 Å². The van der Waals surface area contributed by atoms with Gasteiger partial charge in [0.1, 0.15) is 11.0 Å². The fourth-order valence-corrected chi connectivity index (χ4v) is 3.39. The Hall–Kier alpha value is -0.540. The first kappa shape index (κ1) is 10.6. The zero-order valence-corrected chi connectivity index (χ0v) is 10.2. The van der Waals surface area contributed by atoms with Gasteiger partial charge in [-0.05, 0) is 25.7 Å². The summed E-state index contributed by atoms with van der Waals surface area (Å²) < 4.78 is 2.13. The van der Waals surface area contributed by atoms with E-state index in [-0.39, 0.29) is 6.04 Å². The van der Waals surface area contributed by atoms with Gasteiger partial charge in [0.15, 0.2) is 0 Å². The highest BCUT2D eigenvalue weighted by molar-refractivity contribution is 6.30. The van der Waals surface area contributed by atoms with Gasteiger partial charge in [0.25, 0.3) is 0 Å². The Kier molecular flexibility index (Phi) is 2.68. The number of aromatic nitrogens is 2. The average Bonchev–Trinajstić information content (AvgIpc) is 2.88. The van der Waals surface area contributed by atoms with Crippen molar-refractivity contribution in [3.63, 3.8) is 0 Å². The Morgan fingerprint density at radius 3 is 2.62 bits per heavy atom. The summed E-state index contributed by atoms with van der Waals surface area (Å²) in [6, 6.07) is 0.0846. The van der Waals surface area contributed by atoms with Gasteiger partial charge in [-0.15, -0.1) is 0 Å². The van der Waals surface area contributed by atoms with Crippen molar-refractivity contribution in [3.8, 4) is 0 Å². The van der Waals surface area contributed by atoms with Gasteiger partial charge in [-0.2, -0.15) is 0 Å². The molecule has 0 amide bonds. The SMILES string of the molecule is NC1CCCn2c1nc(C1CCCC1)c2Cl. The van der Waals surface area contributed by atoms with Crippen molar-refractivity contribution >= 4 is 11.6 Å². The van der Waals surface area contributed by atoms with Gasteiger partial charge < -0.3 is 10.3 Å². The van der Waals surface area contributed by atoms with E-state index in [1.54, 1.807) is 0 Å². The molecule has 0 bridgehead atoms. The van der Waals surface area contributed by atoms with E-state index in [2.05, 4.69) is 4.57 Å². The Labute approximate surface area is 101 Å². The minimum Gasteiger partial charge on any atom is -0.321 e. The summed E-state index contributed by atoms with van der Waals surface area (Å²) >= 11 is 6.43. The van der Waals surface area contributed by atoms with Gasteiger partial charge in [-0.3, -0.25) is 0 Å². The monoisotopic (exact) mass is 239 g/mol. The van der Waals surface area contributed by atoms with Gasteiger partial charge >= 0.3 is 0 Å². The van der Waals surface area contributed by atoms with Crippen LogP contribution < -0.4 is 5.73 Å². The summed E-state index contributed by atoms with van der Waals surface area (Å²) in [5, 5.41) is 0.858. The second kappa shape index (κ2) is 4.04. The molecule has 1 fully saturated rings. The molecular formula is C12H18ClN3. The zero-order valence-electron chi connectivity index (χ0n) is 9.45. The molecule has 2 heterocycles. The molecule has 1 unspecified atom stereocenters. The lowest BCUT2D eigenvalue weighted by Crippen LogP contribution is -2.22. The number of hydrogen-bond acceptors (Lipinski definition) is 2. The van der Waals surface area contributed by atoms with Crippen LogP contribution in [0.15, 0.2) is 0 Å². The summed E-state index contributed by atoms with van der Waals surface area (Å²) in [4.78, 5) is 4.72. The molecule has 3 nitrogen and oxygen atoms in total. The van der Waals surface area contributed by atoms with Crippen molar-refractivity contribution in [2.24, 2.45) is 5.73 Å². The van der Waals surface area contributed by atoms with Crippen molar-refractivity contribution in [1.82, 2.24) is 9.55 Å². The van der Waals surface area contributed by atoms with Crippen molar-refractivity contribution < 1.29 is 0 Å². The lowest BCUT2D eigenvalue weighted by Gasteiger charge is -2.19. The van der Waals surface area contributed by atoms with Gasteiger partial charge in [0, 0.05) is 12.5 Å². The van der Waals surface area contributed by atoms with Gasteiger partial charge in [-0.25, -0.2) is 4.98 Å². The molecule has 0 saturated heterocycles. The van der Waals surface area contributed by atoms with Gasteiger partial charge in [-0.1, -0.05) is 24.4 Å². The highest BCUT2D eigenvalue weighted by Crippen LogP contribution is 2.39. The van der Waals surface area contributed by atoms with E-state index in [4.69, 9.17) is 22.3 Å². The molecule has 88 valence electrons. The van der Waals surface area contributed by atoms with Crippen LogP contribution in [-0.4, -0.2) is 9.55 Å². The highest BCUT2D eigenvalue weighted by Gasteiger charge is 2.28. The van der Waals surface area contributed by atoms with Crippen LogP contribution in [0, 0.1) is 0 Å². The average molecular weight is 240 g/mol. The zero-order chi connectivity index (χ0) is 11.1. The summed E-state index contributed by atoms with van der Waals surface area (Å²) in [6.07, 6.45) is 7.27. The molecule has 4 heteroatoms. The van der Waals surface area contributed by atoms with Crippen molar-refractivity contribution in [2.75, 3.05) is 0 Å². The van der Waals surface area contributed by atoms with Crippen molar-refractivity contribution in [1.29, 1.82) is 0 Å². The molecule has 1 aromatic rings. The van der Waals surface area contributed by atoms with E-state index in [9.17, 15) is 0 Å². The summed E-state index contributed by atoms with van der Waals surface area (Å²) in [5.74, 6) is 1.59. The number of rotatable bonds is 1. The van der Waals surface area contributed by atoms with Gasteiger partial charge in [0.2, 0.25) is 0 Å². The fourth-order valence-electron chi connectivity index (χ4n) is 3.02. The molecule has 0 radical (unpaired) electrons. The van der Waals surface area contributed by atoms with Crippen LogP contribution in [0.25, 0.3) is 0 Å². The van der Waals surface area contributed by atoms with Crippen molar-refractivity contribution in [3.05, 3.63) is 16.7 Å². The number of hydrogen-bond donors (Lipinski definition) is 1. The molecule has 1 aromatic heterocycles. The number of halogens is 1. The second-order valence-electron chi connectivity index (χ2n) is 5.03. The van der Waals surface area contributed by atoms with Crippen LogP contribution in [0.2, 0.25) is 5.15 Å². The molecule has 16 heavy (non-hydrogen) atoms. The standard InChI is InChI=1S/C12H18ClN3/c13-11-10(8-4-1-2-5-8)15-12-9(14)6-3-7-16(11)12/h8-9H,1-7,14H2. The van der Waals surface area contributed by atoms with E-state index in [0.29, 0.717) is 5.92 Å². The maximum atomic E-state index is 6.43. The molecule has 1 aliphatic carbocycles. The lowest BCUT2D eigenvalue weighted by atomic mass is 10.1. The molecule has 2 N–H and O–H groups in total. The minimum absolute atomic E-state index is 0.0846. The molecule has 1 atom stereocenters. The van der Waals surface area contributed by atoms with E-state index >= 15 is 0 Å². The largest absolute Gasteiger partial charge is 0.321 e. The quantitative estimate of drug-likeness (QED) is 0.819. The van der Waals surface area contributed by atoms with Crippen LogP contribution >= 0.6 is 11.6 Å². The number of nitrogens with two attached hydrogens (primary N) is 1. The Balaban J connectivity index is 2.00. The van der Waals surface area contributed by atoms with E-state index < -0.39 is 0 Å². The summed E-state index contributed by atoms with van der Waals surface area (Å²) in [7, 11) is 0. The first-order chi connectivity index (χ1) is 7.77. The topological polar surface area (TPSA) is 43.8 Å². The maximum Gasteiger partial charge on any atom is 0.132 e. The Bertz CT molecular complexity index is 393. The smallest absolute Gasteiger partial charge is 0.132 e. The highest BCUT2D eigenvalue weighted by atomic mass is 35.5. The predicted molar refractivity (Wildman–Crippen MR) is 64.6 cm³/mol. The molecule has 1 aliphatic heterocycles. The Morgan fingerprint density at radius 1 is 1.19 bits per heavy atom. The van der Waals surface area contributed by atoms with Crippen LogP contribution in [0.3, 0.4) is 0 Å². The van der Waals surface area contributed by atoms with Crippen LogP contribution in [0.4, 0.5) is 0 Å². The van der Waals surface area contributed by atoms with Crippen LogP contribution in [0.1, 0.15) is 62.0 Å². The van der Waals surface area contributed by atoms with Crippen LogP contribution in [0.5, 0.6) is 0 Å². The normalized spacial score (nSPS) is 26.0. The van der Waals surface area contributed by atoms with E-state index in [1.165, 1.54) is 25.7 Å². The minimum atomic E-state index is 0.0846. The third kappa shape index (κ3) is 1.57. The molecule has 1 saturated carbocycles. The van der Waals surface area contributed by atoms with E-state index in [1.807, 2.05) is 0 Å². The molecular weight excluding hydrogens is 222 g/mol. The number of fused-ring (bicyclic) bond motifs is 1. The summed E-state index contributed by atoms with van der Waals surface area (Å²) in [5.41, 5.74) is 7.20. The van der Waals surface area contributed by atoms with Crippen LogP contribution in [-0.2, 0) is 6.54 Å². The third-order valence-corrected chi connectivity index (χ3v) is 4.33. The van der Waals surface area contributed by atoms with Gasteiger partial charge in [0.05, 0.1) is 11.7 Å². The first-order valence-electron chi connectivity index (χ1n) is 6.29. The Morgan fingerprint density at radius 2 is 1.94 bits per heavy atom. The molecule has 3 rings (SSSR count). The maximum absolute atomic E-state index is 6.43. The van der Waals surface area contributed by atoms with Crippen molar-refractivity contribution in [2.45, 2.75) is 57.0 Å². The number of nitrogens with zero attached hydrogens (tertiary/aromatic N) is 2. The third-order valence-electron chi connectivity index (χ3n) is 3.93. The summed E-state index contributed by atoms with van der Waals surface area (Å²) in [6.45, 7) is 0.988. The number of imidazole rings is 1. The predicted octanol–water partition coefficient (Wildman–Crippen LogP) is 2.99.